The van der Waals surface area contributed by atoms with Gasteiger partial charge >= 0.3 is 0 Å². The Labute approximate surface area is 160 Å². The molecule has 27 heavy (non-hydrogen) atoms. The molecule has 4 heteroatoms. The van der Waals surface area contributed by atoms with Crippen molar-refractivity contribution in [3.05, 3.63) is 103 Å². The molecule has 0 atom stereocenters. The number of allylic oxidation sites excluding steroid dienone is 1. The van der Waals surface area contributed by atoms with E-state index in [-0.39, 0.29) is 11.5 Å². The van der Waals surface area contributed by atoms with Crippen LogP contribution in [-0.2, 0) is 9.53 Å². The minimum atomic E-state index is -0.315. The number of amides is 1. The molecule has 0 aliphatic rings. The lowest BCUT2D eigenvalue weighted by Gasteiger charge is -2.14. The minimum Gasteiger partial charge on any atom is -0.497 e. The van der Waals surface area contributed by atoms with Crippen LogP contribution in [0.1, 0.15) is 11.1 Å². The lowest BCUT2D eigenvalue weighted by molar-refractivity contribution is -0.112. The molecule has 0 aliphatic carbocycles. The van der Waals surface area contributed by atoms with Gasteiger partial charge in [-0.05, 0) is 41.5 Å². The average molecular weight is 361 g/mol. The summed E-state index contributed by atoms with van der Waals surface area (Å²) in [5, 5.41) is 2.88. The van der Waals surface area contributed by atoms with Crippen LogP contribution < -0.4 is 10.1 Å². The van der Waals surface area contributed by atoms with Crippen LogP contribution in [0.25, 0.3) is 5.57 Å². The van der Waals surface area contributed by atoms with Gasteiger partial charge in [0, 0.05) is 16.8 Å². The standard InChI is InChI=1S/C23H23NO3/c1-16(10-11-17(2)26-4)23(25)24-22-9-7-6-8-21(22)18(3)19-12-14-20(27-5)15-13-19/h6-15H,1-3H2,4-5H3,(H,24,25)/b11-10-. The number of ether oxygens (including phenoxy) is 2. The molecule has 2 aromatic rings. The first-order chi connectivity index (χ1) is 13.0. The van der Waals surface area contributed by atoms with E-state index in [0.717, 1.165) is 22.4 Å². The summed E-state index contributed by atoms with van der Waals surface area (Å²) in [6.45, 7) is 11.6. The first-order valence-electron chi connectivity index (χ1n) is 8.30. The summed E-state index contributed by atoms with van der Waals surface area (Å²) in [7, 11) is 3.13. The number of benzene rings is 2. The number of carbonyl (C=O) groups excluding carboxylic acids is 1. The molecule has 2 rings (SSSR count). The Bertz CT molecular complexity index is 892. The first kappa shape index (κ1) is 19.8. The molecule has 0 aliphatic heterocycles. The maximum atomic E-state index is 12.4. The number of nitrogens with one attached hydrogen (secondary N) is 1. The molecule has 0 saturated carbocycles. The second-order valence-corrected chi connectivity index (χ2v) is 5.74. The van der Waals surface area contributed by atoms with Gasteiger partial charge < -0.3 is 14.8 Å². The van der Waals surface area contributed by atoms with Crippen molar-refractivity contribution in [3.63, 3.8) is 0 Å². The Hall–Kier alpha value is -3.53. The Morgan fingerprint density at radius 3 is 2.26 bits per heavy atom. The van der Waals surface area contributed by atoms with Crippen LogP contribution in [0, 0.1) is 0 Å². The second kappa shape index (κ2) is 9.25. The smallest absolute Gasteiger partial charge is 0.255 e. The summed E-state index contributed by atoms with van der Waals surface area (Å²) in [5.41, 5.74) is 3.51. The molecule has 0 unspecified atom stereocenters. The van der Waals surface area contributed by atoms with Gasteiger partial charge in [-0.1, -0.05) is 50.1 Å². The molecule has 2 aromatic carbocycles. The number of carbonyl (C=O) groups is 1. The molecule has 0 saturated heterocycles. The fourth-order valence-electron chi connectivity index (χ4n) is 2.34. The van der Waals surface area contributed by atoms with Gasteiger partial charge in [0.15, 0.2) is 0 Å². The molecule has 138 valence electrons. The monoisotopic (exact) mass is 361 g/mol. The van der Waals surface area contributed by atoms with Gasteiger partial charge in [-0.25, -0.2) is 0 Å². The van der Waals surface area contributed by atoms with Crippen LogP contribution >= 0.6 is 0 Å². The van der Waals surface area contributed by atoms with Crippen LogP contribution in [0.2, 0.25) is 0 Å². The zero-order chi connectivity index (χ0) is 19.8. The lowest BCUT2D eigenvalue weighted by atomic mass is 9.98. The quantitative estimate of drug-likeness (QED) is 0.410. The zero-order valence-electron chi connectivity index (χ0n) is 15.6. The third-order valence-electron chi connectivity index (χ3n) is 3.96. The van der Waals surface area contributed by atoms with Gasteiger partial charge in [0.05, 0.1) is 14.2 Å². The van der Waals surface area contributed by atoms with E-state index in [1.807, 2.05) is 48.5 Å². The van der Waals surface area contributed by atoms with Crippen molar-refractivity contribution in [1.29, 1.82) is 0 Å². The highest BCUT2D eigenvalue weighted by Crippen LogP contribution is 2.29. The largest absolute Gasteiger partial charge is 0.497 e. The minimum absolute atomic E-state index is 0.290. The van der Waals surface area contributed by atoms with E-state index in [0.29, 0.717) is 11.4 Å². The van der Waals surface area contributed by atoms with Crippen molar-refractivity contribution in [2.24, 2.45) is 0 Å². The highest BCUT2D eigenvalue weighted by Gasteiger charge is 2.11. The maximum Gasteiger partial charge on any atom is 0.255 e. The van der Waals surface area contributed by atoms with Crippen LogP contribution in [0.15, 0.2) is 91.8 Å². The van der Waals surface area contributed by atoms with Crippen LogP contribution in [0.5, 0.6) is 5.75 Å². The predicted octanol–water partition coefficient (Wildman–Crippen LogP) is 4.97. The second-order valence-electron chi connectivity index (χ2n) is 5.74. The molecule has 4 nitrogen and oxygen atoms in total. The lowest BCUT2D eigenvalue weighted by Crippen LogP contribution is -2.14. The maximum absolute atomic E-state index is 12.4. The molecule has 0 radical (unpaired) electrons. The summed E-state index contributed by atoms with van der Waals surface area (Å²) >= 11 is 0. The van der Waals surface area contributed by atoms with Crippen LogP contribution in [0.3, 0.4) is 0 Å². The Balaban J connectivity index is 2.20. The topological polar surface area (TPSA) is 47.6 Å². The van der Waals surface area contributed by atoms with Gasteiger partial charge in [0.1, 0.15) is 11.5 Å². The van der Waals surface area contributed by atoms with Gasteiger partial charge in [0.25, 0.3) is 5.91 Å². The summed E-state index contributed by atoms with van der Waals surface area (Å²) in [5.74, 6) is 0.899. The molecular weight excluding hydrogens is 338 g/mol. The number of hydrogen-bond acceptors (Lipinski definition) is 3. The van der Waals surface area contributed by atoms with Gasteiger partial charge in [0.2, 0.25) is 0 Å². The third-order valence-corrected chi connectivity index (χ3v) is 3.96. The Morgan fingerprint density at radius 1 is 0.963 bits per heavy atom. The van der Waals surface area contributed by atoms with E-state index in [1.54, 1.807) is 19.3 Å². The van der Waals surface area contributed by atoms with Crippen molar-refractivity contribution < 1.29 is 14.3 Å². The fraction of sp³-hybridized carbons (Fsp3) is 0.0870. The third kappa shape index (κ3) is 5.22. The molecule has 0 aromatic heterocycles. The molecular formula is C23H23NO3. The van der Waals surface area contributed by atoms with E-state index in [4.69, 9.17) is 9.47 Å². The van der Waals surface area contributed by atoms with E-state index in [9.17, 15) is 4.79 Å². The average Bonchev–Trinajstić information content (AvgIpc) is 2.71. The van der Waals surface area contributed by atoms with Crippen molar-refractivity contribution in [3.8, 4) is 5.75 Å². The summed E-state index contributed by atoms with van der Waals surface area (Å²) < 4.78 is 10.1. The number of methoxy groups -OCH3 is 2. The first-order valence-corrected chi connectivity index (χ1v) is 8.30. The summed E-state index contributed by atoms with van der Waals surface area (Å²) in [6.07, 6.45) is 3.15. The number of anilines is 1. The van der Waals surface area contributed by atoms with E-state index >= 15 is 0 Å². The number of para-hydroxylation sites is 1. The van der Waals surface area contributed by atoms with Crippen molar-refractivity contribution in [2.75, 3.05) is 19.5 Å². The molecule has 0 fully saturated rings. The zero-order valence-corrected chi connectivity index (χ0v) is 15.6. The molecule has 0 bridgehead atoms. The van der Waals surface area contributed by atoms with Gasteiger partial charge in [-0.2, -0.15) is 0 Å². The van der Waals surface area contributed by atoms with E-state index in [2.05, 4.69) is 25.1 Å². The van der Waals surface area contributed by atoms with Crippen molar-refractivity contribution in [2.45, 2.75) is 0 Å². The Kier molecular flexibility index (Phi) is 6.78. The van der Waals surface area contributed by atoms with Crippen molar-refractivity contribution in [1.82, 2.24) is 0 Å². The van der Waals surface area contributed by atoms with E-state index < -0.39 is 0 Å². The van der Waals surface area contributed by atoms with Gasteiger partial charge in [-0.3, -0.25) is 4.79 Å². The number of hydrogen-bond donors (Lipinski definition) is 1. The van der Waals surface area contributed by atoms with Crippen LogP contribution in [0.4, 0.5) is 5.69 Å². The number of rotatable bonds is 8. The van der Waals surface area contributed by atoms with Gasteiger partial charge in [-0.15, -0.1) is 0 Å². The normalized spacial score (nSPS) is 10.3. The van der Waals surface area contributed by atoms with E-state index in [1.165, 1.54) is 7.11 Å². The fourth-order valence-corrected chi connectivity index (χ4v) is 2.34. The summed E-state index contributed by atoms with van der Waals surface area (Å²) in [6, 6.07) is 15.1. The molecule has 1 amide bonds. The van der Waals surface area contributed by atoms with Crippen molar-refractivity contribution >= 4 is 17.2 Å². The molecule has 0 spiro atoms. The predicted molar refractivity (Wildman–Crippen MR) is 111 cm³/mol. The highest BCUT2D eigenvalue weighted by atomic mass is 16.5. The molecule has 1 N–H and O–H groups in total. The molecule has 0 heterocycles. The summed E-state index contributed by atoms with van der Waals surface area (Å²) in [4.78, 5) is 12.4. The Morgan fingerprint density at radius 2 is 1.63 bits per heavy atom. The van der Waals surface area contributed by atoms with Crippen LogP contribution in [-0.4, -0.2) is 20.1 Å². The SMILES string of the molecule is C=C(/C=C\C(=C)C(=O)Nc1ccccc1C(=C)c1ccc(OC)cc1)OC. The highest BCUT2D eigenvalue weighted by molar-refractivity contribution is 6.07.